The number of carbonyl (C=O) groups excluding carboxylic acids is 1. The summed E-state index contributed by atoms with van der Waals surface area (Å²) in [5.74, 6) is 0.591. The first-order chi connectivity index (χ1) is 13.0. The third kappa shape index (κ3) is 4.77. The van der Waals surface area contributed by atoms with Crippen molar-refractivity contribution in [3.05, 3.63) is 33.1 Å². The molecule has 0 atom stereocenters. The van der Waals surface area contributed by atoms with E-state index in [1.54, 1.807) is 26.7 Å². The van der Waals surface area contributed by atoms with Gasteiger partial charge in [0.05, 0.1) is 4.88 Å². The molecule has 1 aliphatic rings. The fraction of sp³-hybridized carbons (Fsp3) is 0.500. The highest BCUT2D eigenvalue weighted by Crippen LogP contribution is 2.37. The molecule has 1 aliphatic heterocycles. The van der Waals surface area contributed by atoms with Crippen LogP contribution in [-0.4, -0.2) is 47.0 Å². The quantitative estimate of drug-likeness (QED) is 0.530. The molecule has 4 nitrogen and oxygen atoms in total. The molecule has 3 rings (SSSR count). The molecule has 0 spiro atoms. The number of hydrogen-bond donors (Lipinski definition) is 1. The zero-order valence-electron chi connectivity index (χ0n) is 15.9. The maximum Gasteiger partial charge on any atom is 0.222 e. The number of nitrogens with zero attached hydrogens (tertiary/aromatic N) is 2. The van der Waals surface area contributed by atoms with Crippen LogP contribution in [0.1, 0.15) is 37.8 Å². The molecule has 1 aromatic heterocycles. The van der Waals surface area contributed by atoms with Crippen molar-refractivity contribution in [2.75, 3.05) is 26.2 Å². The first-order valence-corrected chi connectivity index (χ1v) is 12.0. The number of benzene rings is 1. The molecule has 1 amide bonds. The van der Waals surface area contributed by atoms with Crippen LogP contribution in [0.25, 0.3) is 10.4 Å². The molecule has 2 aromatic rings. The van der Waals surface area contributed by atoms with Gasteiger partial charge in [-0.15, -0.1) is 0 Å². The number of carbonyl (C=O) groups is 1. The Hall–Kier alpha value is -1.28. The maximum absolute atomic E-state index is 12.0. The molecular weight excluding hydrogens is 396 g/mol. The largest absolute Gasteiger partial charge is 0.508 e. The van der Waals surface area contributed by atoms with E-state index in [4.69, 9.17) is 12.2 Å². The number of piperazine rings is 1. The van der Waals surface area contributed by atoms with Crippen LogP contribution in [0.3, 0.4) is 0 Å². The lowest BCUT2D eigenvalue weighted by Gasteiger charge is -2.35. The second-order valence-electron chi connectivity index (χ2n) is 6.87. The Labute approximate surface area is 173 Å². The minimum atomic E-state index is 0.257. The normalized spacial score (nSPS) is 15.3. The third-order valence-electron chi connectivity index (χ3n) is 5.00. The highest BCUT2D eigenvalue weighted by molar-refractivity contribution is 7.80. The van der Waals surface area contributed by atoms with Crippen molar-refractivity contribution in [2.24, 2.45) is 0 Å². The molecule has 146 valence electrons. The maximum atomic E-state index is 12.0. The summed E-state index contributed by atoms with van der Waals surface area (Å²) in [6, 6.07) is 5.86. The molecule has 7 heteroatoms. The Balaban J connectivity index is 1.71. The monoisotopic (exact) mass is 422 g/mol. The van der Waals surface area contributed by atoms with Crippen LogP contribution in [-0.2, 0) is 17.8 Å². The van der Waals surface area contributed by atoms with E-state index in [2.05, 4.69) is 17.9 Å². The average molecular weight is 423 g/mol. The van der Waals surface area contributed by atoms with Crippen molar-refractivity contribution in [2.45, 2.75) is 39.7 Å². The van der Waals surface area contributed by atoms with E-state index in [9.17, 15) is 9.90 Å². The molecule has 1 saturated heterocycles. The predicted molar refractivity (Wildman–Crippen MR) is 116 cm³/mol. The SMILES string of the molecule is CCCC(=O)N1CCN(Cc2cc(-c3ssc(=S)c3CC)ccc2O)CC1. The average Bonchev–Trinajstić information content (AvgIpc) is 3.05. The Morgan fingerprint density at radius 2 is 1.93 bits per heavy atom. The Morgan fingerprint density at radius 1 is 1.19 bits per heavy atom. The van der Waals surface area contributed by atoms with E-state index in [-0.39, 0.29) is 5.91 Å². The smallest absolute Gasteiger partial charge is 0.222 e. The van der Waals surface area contributed by atoms with Gasteiger partial charge in [0.15, 0.2) is 0 Å². The first-order valence-electron chi connectivity index (χ1n) is 9.47. The van der Waals surface area contributed by atoms with Crippen LogP contribution in [0.4, 0.5) is 0 Å². The van der Waals surface area contributed by atoms with Gasteiger partial charge in [0.1, 0.15) is 9.57 Å². The highest BCUT2D eigenvalue weighted by Gasteiger charge is 2.21. The van der Waals surface area contributed by atoms with Gasteiger partial charge >= 0.3 is 0 Å². The Kier molecular flexibility index (Phi) is 7.03. The van der Waals surface area contributed by atoms with Crippen molar-refractivity contribution in [1.29, 1.82) is 0 Å². The van der Waals surface area contributed by atoms with E-state index in [0.717, 1.165) is 54.0 Å². The molecule has 0 unspecified atom stereocenters. The minimum Gasteiger partial charge on any atom is -0.508 e. The van der Waals surface area contributed by atoms with Gasteiger partial charge in [0.2, 0.25) is 5.91 Å². The summed E-state index contributed by atoms with van der Waals surface area (Å²) < 4.78 is 0.972. The topological polar surface area (TPSA) is 43.8 Å². The van der Waals surface area contributed by atoms with Crippen molar-refractivity contribution in [3.8, 4) is 16.2 Å². The molecule has 1 fully saturated rings. The lowest BCUT2D eigenvalue weighted by Crippen LogP contribution is -2.48. The van der Waals surface area contributed by atoms with Crippen LogP contribution in [0.5, 0.6) is 5.75 Å². The van der Waals surface area contributed by atoms with Gasteiger partial charge in [0, 0.05) is 44.7 Å². The van der Waals surface area contributed by atoms with Crippen molar-refractivity contribution in [1.82, 2.24) is 9.80 Å². The van der Waals surface area contributed by atoms with E-state index in [1.807, 2.05) is 17.9 Å². The highest BCUT2D eigenvalue weighted by atomic mass is 32.9. The summed E-state index contributed by atoms with van der Waals surface area (Å²) >= 11 is 5.45. The summed E-state index contributed by atoms with van der Waals surface area (Å²) in [5.41, 5.74) is 3.31. The Morgan fingerprint density at radius 3 is 2.59 bits per heavy atom. The van der Waals surface area contributed by atoms with E-state index < -0.39 is 0 Å². The van der Waals surface area contributed by atoms with Gasteiger partial charge in [-0.3, -0.25) is 9.69 Å². The molecule has 0 bridgehead atoms. The fourth-order valence-electron chi connectivity index (χ4n) is 3.42. The van der Waals surface area contributed by atoms with E-state index >= 15 is 0 Å². The predicted octanol–water partition coefficient (Wildman–Crippen LogP) is 4.92. The summed E-state index contributed by atoms with van der Waals surface area (Å²) in [6.45, 7) is 8.10. The summed E-state index contributed by atoms with van der Waals surface area (Å²) in [5, 5.41) is 10.3. The van der Waals surface area contributed by atoms with Gasteiger partial charge < -0.3 is 10.0 Å². The summed E-state index contributed by atoms with van der Waals surface area (Å²) in [7, 11) is 3.37. The summed E-state index contributed by atoms with van der Waals surface area (Å²) in [6.07, 6.45) is 2.46. The Bertz CT molecular complexity index is 851. The van der Waals surface area contributed by atoms with Gasteiger partial charge in [-0.2, -0.15) is 0 Å². The number of hydrogen-bond acceptors (Lipinski definition) is 6. The van der Waals surface area contributed by atoms with Crippen molar-refractivity contribution in [3.63, 3.8) is 0 Å². The summed E-state index contributed by atoms with van der Waals surface area (Å²) in [4.78, 5) is 17.5. The third-order valence-corrected chi connectivity index (χ3v) is 8.19. The first kappa shape index (κ1) is 20.5. The van der Waals surface area contributed by atoms with Gasteiger partial charge in [-0.25, -0.2) is 0 Å². The fourth-order valence-corrected chi connectivity index (χ4v) is 6.55. The molecule has 1 aromatic carbocycles. The lowest BCUT2D eigenvalue weighted by atomic mass is 10.0. The van der Waals surface area contributed by atoms with E-state index in [0.29, 0.717) is 18.7 Å². The lowest BCUT2D eigenvalue weighted by molar-refractivity contribution is -0.133. The molecule has 0 radical (unpaired) electrons. The number of amides is 1. The molecular formula is C20H26N2O2S3. The van der Waals surface area contributed by atoms with E-state index in [1.165, 1.54) is 10.4 Å². The van der Waals surface area contributed by atoms with Crippen LogP contribution in [0.2, 0.25) is 0 Å². The number of phenolic OH excluding ortho intramolecular Hbond substituents is 1. The van der Waals surface area contributed by atoms with Gasteiger partial charge in [-0.05, 0) is 42.2 Å². The van der Waals surface area contributed by atoms with Crippen LogP contribution >= 0.6 is 32.9 Å². The molecule has 0 aliphatic carbocycles. The zero-order chi connectivity index (χ0) is 19.4. The molecule has 0 saturated carbocycles. The van der Waals surface area contributed by atoms with Crippen LogP contribution < -0.4 is 0 Å². The second kappa shape index (κ2) is 9.28. The van der Waals surface area contributed by atoms with Gasteiger partial charge in [0.25, 0.3) is 0 Å². The van der Waals surface area contributed by atoms with Crippen molar-refractivity contribution < 1.29 is 9.90 Å². The molecule has 2 heterocycles. The number of phenols is 1. The number of aromatic hydroxyl groups is 1. The minimum absolute atomic E-state index is 0.257. The van der Waals surface area contributed by atoms with Gasteiger partial charge in [-0.1, -0.05) is 46.7 Å². The van der Waals surface area contributed by atoms with Crippen LogP contribution in [0.15, 0.2) is 18.2 Å². The van der Waals surface area contributed by atoms with Crippen molar-refractivity contribution >= 4 is 38.8 Å². The molecule has 27 heavy (non-hydrogen) atoms. The zero-order valence-corrected chi connectivity index (χ0v) is 18.3. The molecule has 1 N–H and O–H groups in total. The second-order valence-corrected chi connectivity index (χ2v) is 9.68. The van der Waals surface area contributed by atoms with Crippen LogP contribution in [0, 0.1) is 3.82 Å². The standard InChI is InChI=1S/C20H26N2O2S3/c1-3-5-18(24)22-10-8-21(9-11-22)13-15-12-14(6-7-17(15)23)19-16(4-2)20(25)27-26-19/h6-7,12,23H,3-5,8-11,13H2,1-2H3. The number of rotatable bonds is 6.